The van der Waals surface area contributed by atoms with Gasteiger partial charge in [-0.15, -0.1) is 0 Å². The fourth-order valence-electron chi connectivity index (χ4n) is 3.74. The molecule has 1 fully saturated rings. The molecule has 166 valence electrons. The Hall–Kier alpha value is -3.02. The zero-order chi connectivity index (χ0) is 22.1. The number of rotatable bonds is 8. The summed E-state index contributed by atoms with van der Waals surface area (Å²) >= 11 is 0. The van der Waals surface area contributed by atoms with Crippen molar-refractivity contribution in [3.8, 4) is 11.5 Å². The van der Waals surface area contributed by atoms with Gasteiger partial charge >= 0.3 is 0 Å². The molecule has 6 heteroatoms. The Bertz CT molecular complexity index is 866. The van der Waals surface area contributed by atoms with E-state index < -0.39 is 0 Å². The van der Waals surface area contributed by atoms with E-state index in [9.17, 15) is 9.59 Å². The number of carbonyl (C=O) groups is 2. The van der Waals surface area contributed by atoms with E-state index in [1.165, 1.54) is 0 Å². The topological polar surface area (TPSA) is 59.1 Å². The maximum atomic E-state index is 12.8. The summed E-state index contributed by atoms with van der Waals surface area (Å²) in [6.07, 6.45) is 1.99. The van der Waals surface area contributed by atoms with Crippen molar-refractivity contribution in [2.45, 2.75) is 33.1 Å². The zero-order valence-corrected chi connectivity index (χ0v) is 18.5. The predicted octanol–water partition coefficient (Wildman–Crippen LogP) is 3.33. The van der Waals surface area contributed by atoms with Gasteiger partial charge in [-0.3, -0.25) is 9.59 Å². The summed E-state index contributed by atoms with van der Waals surface area (Å²) in [5.41, 5.74) is 2.06. The number of nitrogens with zero attached hydrogens (tertiary/aromatic N) is 2. The van der Waals surface area contributed by atoms with E-state index in [1.807, 2.05) is 60.4 Å². The third-order valence-corrected chi connectivity index (χ3v) is 5.50. The SMILES string of the molecule is CCOc1ccc(CC(=O)N2CCCN(C(=O)COc3ccccc3CC)CC2)cc1. The Morgan fingerprint density at radius 3 is 2.19 bits per heavy atom. The van der Waals surface area contributed by atoms with Crippen LogP contribution in [0.5, 0.6) is 11.5 Å². The average Bonchev–Trinajstić information content (AvgIpc) is 3.06. The van der Waals surface area contributed by atoms with Crippen LogP contribution in [0.25, 0.3) is 0 Å². The molecule has 0 spiro atoms. The summed E-state index contributed by atoms with van der Waals surface area (Å²) < 4.78 is 11.2. The van der Waals surface area contributed by atoms with Gasteiger partial charge in [0.2, 0.25) is 5.91 Å². The average molecular weight is 425 g/mol. The maximum absolute atomic E-state index is 12.8. The lowest BCUT2D eigenvalue weighted by Crippen LogP contribution is -2.39. The van der Waals surface area contributed by atoms with Gasteiger partial charge in [-0.05, 0) is 49.1 Å². The molecule has 6 nitrogen and oxygen atoms in total. The number of amides is 2. The Morgan fingerprint density at radius 1 is 0.839 bits per heavy atom. The van der Waals surface area contributed by atoms with E-state index in [0.29, 0.717) is 39.2 Å². The lowest BCUT2D eigenvalue weighted by molar-refractivity contribution is -0.134. The molecule has 1 saturated heterocycles. The van der Waals surface area contributed by atoms with E-state index in [-0.39, 0.29) is 18.4 Å². The first-order valence-electron chi connectivity index (χ1n) is 11.1. The lowest BCUT2D eigenvalue weighted by atomic mass is 10.1. The largest absolute Gasteiger partial charge is 0.494 e. The Morgan fingerprint density at radius 2 is 1.52 bits per heavy atom. The quantitative estimate of drug-likeness (QED) is 0.652. The van der Waals surface area contributed by atoms with Crippen LogP contribution in [0.1, 0.15) is 31.4 Å². The predicted molar refractivity (Wildman–Crippen MR) is 120 cm³/mol. The first-order valence-corrected chi connectivity index (χ1v) is 11.1. The smallest absolute Gasteiger partial charge is 0.260 e. The first-order chi connectivity index (χ1) is 15.1. The van der Waals surface area contributed by atoms with Crippen molar-refractivity contribution in [3.05, 3.63) is 59.7 Å². The van der Waals surface area contributed by atoms with Crippen molar-refractivity contribution in [2.75, 3.05) is 39.4 Å². The fraction of sp³-hybridized carbons (Fsp3) is 0.440. The standard InChI is InChI=1S/C25H32N2O4/c1-3-21-8-5-6-9-23(21)31-19-25(29)27-15-7-14-26(16-17-27)24(28)18-20-10-12-22(13-11-20)30-4-2/h5-6,8-13H,3-4,7,14-19H2,1-2H3. The molecule has 0 N–H and O–H groups in total. The second-order valence-corrected chi connectivity index (χ2v) is 7.62. The molecule has 2 amide bonds. The van der Waals surface area contributed by atoms with Crippen molar-refractivity contribution in [2.24, 2.45) is 0 Å². The second kappa shape index (κ2) is 11.4. The number of aryl methyl sites for hydroxylation is 1. The van der Waals surface area contributed by atoms with E-state index in [2.05, 4.69) is 6.92 Å². The van der Waals surface area contributed by atoms with Crippen LogP contribution < -0.4 is 9.47 Å². The second-order valence-electron chi connectivity index (χ2n) is 7.62. The molecule has 1 heterocycles. The van der Waals surface area contributed by atoms with Crippen molar-refractivity contribution >= 4 is 11.8 Å². The summed E-state index contributed by atoms with van der Waals surface area (Å²) in [6.45, 7) is 7.05. The van der Waals surface area contributed by atoms with E-state index in [4.69, 9.17) is 9.47 Å². The molecule has 0 saturated carbocycles. The molecule has 0 radical (unpaired) electrons. The van der Waals surface area contributed by atoms with E-state index in [1.54, 1.807) is 4.90 Å². The van der Waals surface area contributed by atoms with Crippen LogP contribution in [0.4, 0.5) is 0 Å². The highest BCUT2D eigenvalue weighted by Crippen LogP contribution is 2.18. The minimum absolute atomic E-state index is 0.0249. The van der Waals surface area contributed by atoms with Gasteiger partial charge in [0.1, 0.15) is 11.5 Å². The van der Waals surface area contributed by atoms with Crippen LogP contribution in [0.3, 0.4) is 0 Å². The molecule has 0 aromatic heterocycles. The molecular formula is C25H32N2O4. The first kappa shape index (κ1) is 22.7. The van der Waals surface area contributed by atoms with Crippen molar-refractivity contribution < 1.29 is 19.1 Å². The third-order valence-electron chi connectivity index (χ3n) is 5.50. The van der Waals surface area contributed by atoms with Gasteiger partial charge in [-0.2, -0.15) is 0 Å². The molecule has 0 unspecified atom stereocenters. The normalized spacial score (nSPS) is 14.1. The van der Waals surface area contributed by atoms with Gasteiger partial charge in [0, 0.05) is 26.2 Å². The van der Waals surface area contributed by atoms with E-state index in [0.717, 1.165) is 35.5 Å². The summed E-state index contributed by atoms with van der Waals surface area (Å²) in [4.78, 5) is 29.1. The molecule has 31 heavy (non-hydrogen) atoms. The van der Waals surface area contributed by atoms with Crippen molar-refractivity contribution in [1.29, 1.82) is 0 Å². The molecule has 3 rings (SSSR count). The highest BCUT2D eigenvalue weighted by atomic mass is 16.5. The minimum atomic E-state index is -0.0354. The molecule has 1 aliphatic rings. The monoisotopic (exact) mass is 424 g/mol. The molecular weight excluding hydrogens is 392 g/mol. The van der Waals surface area contributed by atoms with E-state index >= 15 is 0 Å². The number of benzene rings is 2. The fourth-order valence-corrected chi connectivity index (χ4v) is 3.74. The molecule has 0 atom stereocenters. The van der Waals surface area contributed by atoms with Gasteiger partial charge in [-0.25, -0.2) is 0 Å². The summed E-state index contributed by atoms with van der Waals surface area (Å²) in [5.74, 6) is 1.63. The maximum Gasteiger partial charge on any atom is 0.260 e. The van der Waals surface area contributed by atoms with Gasteiger partial charge in [0.05, 0.1) is 13.0 Å². The summed E-state index contributed by atoms with van der Waals surface area (Å²) in [7, 11) is 0. The van der Waals surface area contributed by atoms with Gasteiger partial charge in [0.25, 0.3) is 5.91 Å². The number of hydrogen-bond acceptors (Lipinski definition) is 4. The Kier molecular flexibility index (Phi) is 8.33. The number of carbonyl (C=O) groups excluding carboxylic acids is 2. The molecule has 2 aromatic rings. The number of hydrogen-bond donors (Lipinski definition) is 0. The lowest BCUT2D eigenvalue weighted by Gasteiger charge is -2.22. The van der Waals surface area contributed by atoms with Crippen LogP contribution in [0.2, 0.25) is 0 Å². The number of ether oxygens (including phenoxy) is 2. The Labute approximate surface area is 184 Å². The van der Waals surface area contributed by atoms with Crippen LogP contribution in [-0.2, 0) is 22.4 Å². The number of para-hydroxylation sites is 1. The van der Waals surface area contributed by atoms with Gasteiger partial charge in [0.15, 0.2) is 6.61 Å². The van der Waals surface area contributed by atoms with Crippen LogP contribution >= 0.6 is 0 Å². The highest BCUT2D eigenvalue weighted by molar-refractivity contribution is 5.80. The molecule has 0 aliphatic carbocycles. The molecule has 2 aromatic carbocycles. The zero-order valence-electron chi connectivity index (χ0n) is 18.5. The highest BCUT2D eigenvalue weighted by Gasteiger charge is 2.22. The molecule has 1 aliphatic heterocycles. The van der Waals surface area contributed by atoms with Crippen LogP contribution in [0, 0.1) is 0 Å². The van der Waals surface area contributed by atoms with Crippen LogP contribution in [0.15, 0.2) is 48.5 Å². The van der Waals surface area contributed by atoms with Crippen molar-refractivity contribution in [3.63, 3.8) is 0 Å². The van der Waals surface area contributed by atoms with Crippen LogP contribution in [-0.4, -0.2) is 61.0 Å². The summed E-state index contributed by atoms with van der Waals surface area (Å²) in [6, 6.07) is 15.5. The molecule has 0 bridgehead atoms. The summed E-state index contributed by atoms with van der Waals surface area (Å²) in [5, 5.41) is 0. The van der Waals surface area contributed by atoms with Crippen molar-refractivity contribution in [1.82, 2.24) is 9.80 Å². The third kappa shape index (κ3) is 6.48. The Balaban J connectivity index is 1.48. The van der Waals surface area contributed by atoms with Gasteiger partial charge in [-0.1, -0.05) is 37.3 Å². The van der Waals surface area contributed by atoms with Gasteiger partial charge < -0.3 is 19.3 Å². The minimum Gasteiger partial charge on any atom is -0.494 e.